The van der Waals surface area contributed by atoms with Crippen LogP contribution in [-0.4, -0.2) is 37.7 Å². The van der Waals surface area contributed by atoms with Crippen LogP contribution in [0.2, 0.25) is 0 Å². The second-order valence-corrected chi connectivity index (χ2v) is 4.71. The maximum Gasteiger partial charge on any atom is 0.334 e. The second-order valence-electron chi connectivity index (χ2n) is 4.71. The lowest BCUT2D eigenvalue weighted by Crippen LogP contribution is -2.35. The maximum atomic E-state index is 12.2. The minimum Gasteiger partial charge on any atom is -0.466 e. The zero-order valence-electron chi connectivity index (χ0n) is 12.9. The third-order valence-electron chi connectivity index (χ3n) is 3.31. The Morgan fingerprint density at radius 2 is 1.48 bits per heavy atom. The molecule has 0 radical (unpaired) electrons. The van der Waals surface area contributed by atoms with E-state index in [2.05, 4.69) is 0 Å². The van der Waals surface area contributed by atoms with Crippen molar-refractivity contribution in [2.45, 2.75) is 27.7 Å². The Morgan fingerprint density at radius 3 is 2.00 bits per heavy atom. The number of rotatable bonds is 6. The highest BCUT2D eigenvalue weighted by Gasteiger charge is 2.48. The van der Waals surface area contributed by atoms with E-state index in [1.165, 1.54) is 0 Å². The van der Waals surface area contributed by atoms with Crippen LogP contribution in [0.1, 0.15) is 27.7 Å². The van der Waals surface area contributed by atoms with E-state index in [9.17, 15) is 14.4 Å². The van der Waals surface area contributed by atoms with E-state index in [4.69, 9.17) is 14.2 Å². The molecular formula is C15H22O6. The van der Waals surface area contributed by atoms with Gasteiger partial charge in [-0.3, -0.25) is 9.59 Å². The van der Waals surface area contributed by atoms with Gasteiger partial charge in [-0.05, 0) is 26.7 Å². The summed E-state index contributed by atoms with van der Waals surface area (Å²) in [5.41, 5.74) is 0.181. The molecule has 0 aliphatic heterocycles. The Balaban J connectivity index is 3.07. The third kappa shape index (κ3) is 3.83. The number of carbonyl (C=O) groups excluding carboxylic acids is 3. The average molecular weight is 298 g/mol. The number of esters is 3. The normalized spacial score (nSPS) is 24.2. The van der Waals surface area contributed by atoms with Crippen LogP contribution in [0.3, 0.4) is 0 Å². The zero-order chi connectivity index (χ0) is 16.0. The minimum absolute atomic E-state index is 0.176. The molecule has 1 aliphatic carbocycles. The van der Waals surface area contributed by atoms with E-state index in [-0.39, 0.29) is 31.3 Å². The molecule has 6 heteroatoms. The molecule has 21 heavy (non-hydrogen) atoms. The van der Waals surface area contributed by atoms with Crippen molar-refractivity contribution in [1.82, 2.24) is 0 Å². The summed E-state index contributed by atoms with van der Waals surface area (Å²) >= 11 is 0. The maximum absolute atomic E-state index is 12.2. The first-order chi connectivity index (χ1) is 9.97. The van der Waals surface area contributed by atoms with E-state index in [0.717, 1.165) is 0 Å². The lowest BCUT2D eigenvalue weighted by atomic mass is 9.86. The smallest absolute Gasteiger partial charge is 0.334 e. The molecule has 0 amide bonds. The van der Waals surface area contributed by atoms with Crippen molar-refractivity contribution in [2.75, 3.05) is 19.8 Å². The molecule has 0 bridgehead atoms. The largest absolute Gasteiger partial charge is 0.466 e. The van der Waals surface area contributed by atoms with Gasteiger partial charge >= 0.3 is 17.9 Å². The molecule has 3 atom stereocenters. The highest BCUT2D eigenvalue weighted by molar-refractivity contribution is 5.99. The number of hydrogen-bond donors (Lipinski definition) is 0. The van der Waals surface area contributed by atoms with E-state index in [1.807, 2.05) is 0 Å². The number of hydrogen-bond acceptors (Lipinski definition) is 6. The molecule has 0 fully saturated rings. The second kappa shape index (κ2) is 7.81. The average Bonchev–Trinajstić information content (AvgIpc) is 2.77. The fourth-order valence-electron chi connectivity index (χ4n) is 2.49. The predicted molar refractivity (Wildman–Crippen MR) is 74.1 cm³/mol. The van der Waals surface area contributed by atoms with Gasteiger partial charge in [0.1, 0.15) is 5.92 Å². The van der Waals surface area contributed by atoms with Crippen LogP contribution in [0.4, 0.5) is 0 Å². The van der Waals surface area contributed by atoms with Crippen LogP contribution in [0, 0.1) is 17.8 Å². The Labute approximate surface area is 124 Å². The van der Waals surface area contributed by atoms with Crippen molar-refractivity contribution in [3.05, 3.63) is 11.6 Å². The first kappa shape index (κ1) is 17.2. The molecule has 0 heterocycles. The Bertz CT molecular complexity index is 439. The first-order valence-electron chi connectivity index (χ1n) is 7.19. The van der Waals surface area contributed by atoms with Crippen LogP contribution < -0.4 is 0 Å². The van der Waals surface area contributed by atoms with Crippen molar-refractivity contribution < 1.29 is 28.6 Å². The molecule has 0 aromatic carbocycles. The van der Waals surface area contributed by atoms with Crippen molar-refractivity contribution >= 4 is 17.9 Å². The van der Waals surface area contributed by atoms with Crippen LogP contribution in [0.15, 0.2) is 11.6 Å². The quantitative estimate of drug-likeness (QED) is 0.546. The first-order valence-corrected chi connectivity index (χ1v) is 7.19. The van der Waals surface area contributed by atoms with Crippen LogP contribution in [-0.2, 0) is 28.6 Å². The van der Waals surface area contributed by atoms with Crippen molar-refractivity contribution in [2.24, 2.45) is 17.8 Å². The molecule has 0 saturated carbocycles. The van der Waals surface area contributed by atoms with Crippen LogP contribution in [0.25, 0.3) is 0 Å². The molecule has 6 nitrogen and oxygen atoms in total. The third-order valence-corrected chi connectivity index (χ3v) is 3.31. The molecule has 0 N–H and O–H groups in total. The summed E-state index contributed by atoms with van der Waals surface area (Å²) in [6.07, 6.45) is 1.60. The summed E-state index contributed by atoms with van der Waals surface area (Å²) < 4.78 is 15.0. The number of allylic oxidation sites excluding steroid dienone is 1. The fraction of sp³-hybridized carbons (Fsp3) is 0.667. The highest BCUT2D eigenvalue weighted by atomic mass is 16.5. The Kier molecular flexibility index (Phi) is 6.39. The van der Waals surface area contributed by atoms with Crippen molar-refractivity contribution in [3.8, 4) is 0 Å². The van der Waals surface area contributed by atoms with Gasteiger partial charge in [-0.25, -0.2) is 4.79 Å². The van der Waals surface area contributed by atoms with Crippen molar-refractivity contribution in [3.63, 3.8) is 0 Å². The number of carbonyl (C=O) groups is 3. The lowest BCUT2D eigenvalue weighted by molar-refractivity contribution is -0.160. The molecule has 0 saturated heterocycles. The van der Waals surface area contributed by atoms with E-state index in [1.54, 1.807) is 33.8 Å². The van der Waals surface area contributed by atoms with Crippen molar-refractivity contribution in [1.29, 1.82) is 0 Å². The summed E-state index contributed by atoms with van der Waals surface area (Å²) in [4.78, 5) is 36.2. The molecule has 1 aliphatic rings. The van der Waals surface area contributed by atoms with Gasteiger partial charge in [-0.2, -0.15) is 0 Å². The summed E-state index contributed by atoms with van der Waals surface area (Å²) in [6.45, 7) is 7.39. The molecule has 0 aromatic rings. The summed E-state index contributed by atoms with van der Waals surface area (Å²) in [5.74, 6) is -3.69. The molecule has 0 spiro atoms. The molecular weight excluding hydrogens is 276 g/mol. The topological polar surface area (TPSA) is 78.9 Å². The SMILES string of the molecule is CCOC(=O)C1=C[C@H](C)[C@@H](C(=O)OCC)[C@@H]1C(=O)OCC. The standard InChI is InChI=1S/C15H22O6/c1-5-19-13(16)10-8-9(4)11(14(17)20-6-2)12(10)15(18)21-7-3/h8-9,11-12H,5-7H2,1-4H3/t9-,11+,12+/m0/s1. The molecule has 0 aromatic heterocycles. The summed E-state index contributed by atoms with van der Waals surface area (Å²) in [6, 6.07) is 0. The molecule has 1 rings (SSSR count). The molecule has 0 unspecified atom stereocenters. The van der Waals surface area contributed by atoms with E-state index < -0.39 is 29.7 Å². The van der Waals surface area contributed by atoms with Gasteiger partial charge in [0.05, 0.1) is 25.7 Å². The number of ether oxygens (including phenoxy) is 3. The van der Waals surface area contributed by atoms with Gasteiger partial charge in [0, 0.05) is 5.57 Å². The van der Waals surface area contributed by atoms with Crippen LogP contribution >= 0.6 is 0 Å². The van der Waals surface area contributed by atoms with Gasteiger partial charge in [-0.15, -0.1) is 0 Å². The highest BCUT2D eigenvalue weighted by Crippen LogP contribution is 2.38. The Morgan fingerprint density at radius 1 is 0.952 bits per heavy atom. The fourth-order valence-corrected chi connectivity index (χ4v) is 2.49. The van der Waals surface area contributed by atoms with E-state index in [0.29, 0.717) is 0 Å². The van der Waals surface area contributed by atoms with Gasteiger partial charge < -0.3 is 14.2 Å². The molecule has 118 valence electrons. The lowest BCUT2D eigenvalue weighted by Gasteiger charge is -2.21. The minimum atomic E-state index is -0.960. The van der Waals surface area contributed by atoms with Gasteiger partial charge in [0.25, 0.3) is 0 Å². The summed E-state index contributed by atoms with van der Waals surface area (Å²) in [7, 11) is 0. The zero-order valence-corrected chi connectivity index (χ0v) is 12.9. The van der Waals surface area contributed by atoms with Gasteiger partial charge in [-0.1, -0.05) is 13.0 Å². The van der Waals surface area contributed by atoms with E-state index >= 15 is 0 Å². The van der Waals surface area contributed by atoms with Gasteiger partial charge in [0.2, 0.25) is 0 Å². The predicted octanol–water partition coefficient (Wildman–Crippen LogP) is 1.48. The summed E-state index contributed by atoms with van der Waals surface area (Å²) in [5, 5.41) is 0. The Hall–Kier alpha value is -1.85. The van der Waals surface area contributed by atoms with Crippen LogP contribution in [0.5, 0.6) is 0 Å². The van der Waals surface area contributed by atoms with Gasteiger partial charge in [0.15, 0.2) is 0 Å². The monoisotopic (exact) mass is 298 g/mol.